The Kier molecular flexibility index (Phi) is 13.3. The summed E-state index contributed by atoms with van der Waals surface area (Å²) in [6, 6.07) is 3.36. The van der Waals surface area contributed by atoms with E-state index in [2.05, 4.69) is 23.8 Å². The molecule has 1 saturated heterocycles. The number of aldehydes is 1. The van der Waals surface area contributed by atoms with Crippen LogP contribution in [-0.4, -0.2) is 57.8 Å². The first-order chi connectivity index (χ1) is 20.0. The Morgan fingerprint density at radius 3 is 2.29 bits per heavy atom. The van der Waals surface area contributed by atoms with Crippen molar-refractivity contribution in [2.24, 2.45) is 5.41 Å². The number of hydrogen-bond acceptors (Lipinski definition) is 6. The van der Waals surface area contributed by atoms with Crippen LogP contribution in [0.5, 0.6) is 0 Å². The number of ketones is 1. The van der Waals surface area contributed by atoms with Crippen LogP contribution < -0.4 is 0 Å². The SMILES string of the molecule is C=Cc1c(/C=C(\C)c2ccc(C(C)=O)c(C)c2F)nnn1C1CCN(C(=O)OCC2(C)CC2)CC1.CC.CCCC=O. The zero-order valence-corrected chi connectivity index (χ0v) is 26.3. The number of hydrogen-bond donors (Lipinski definition) is 0. The molecular formula is C33H47FN4O4. The van der Waals surface area contributed by atoms with E-state index in [9.17, 15) is 18.8 Å². The first-order valence-electron chi connectivity index (χ1n) is 15.0. The highest BCUT2D eigenvalue weighted by Gasteiger charge is 2.39. The van der Waals surface area contributed by atoms with Gasteiger partial charge in [-0.2, -0.15) is 0 Å². The maximum atomic E-state index is 15.0. The number of unbranched alkanes of at least 4 members (excludes halogenated alkanes) is 1. The lowest BCUT2D eigenvalue weighted by Gasteiger charge is -2.31. The minimum absolute atomic E-state index is 0.0804. The van der Waals surface area contributed by atoms with Crippen LogP contribution in [0.3, 0.4) is 0 Å². The molecule has 2 aromatic rings. The second kappa shape index (κ2) is 16.1. The molecule has 9 heteroatoms. The number of halogens is 1. The summed E-state index contributed by atoms with van der Waals surface area (Å²) >= 11 is 0. The molecule has 0 N–H and O–H groups in total. The topological polar surface area (TPSA) is 94.4 Å². The van der Waals surface area contributed by atoms with Crippen molar-refractivity contribution >= 4 is 35.9 Å². The average Bonchev–Trinajstić information content (AvgIpc) is 3.59. The van der Waals surface area contributed by atoms with E-state index in [1.54, 1.807) is 36.1 Å². The molecule has 0 bridgehead atoms. The fourth-order valence-corrected chi connectivity index (χ4v) is 4.63. The third-order valence-electron chi connectivity index (χ3n) is 7.62. The van der Waals surface area contributed by atoms with Crippen molar-refractivity contribution in [2.75, 3.05) is 19.7 Å². The Balaban J connectivity index is 0.000000797. The lowest BCUT2D eigenvalue weighted by Crippen LogP contribution is -2.40. The Morgan fingerprint density at radius 1 is 1.17 bits per heavy atom. The average molecular weight is 583 g/mol. The van der Waals surface area contributed by atoms with E-state index in [0.29, 0.717) is 54.1 Å². The number of allylic oxidation sites excluding steroid dienone is 1. The predicted octanol–water partition coefficient (Wildman–Crippen LogP) is 7.72. The highest BCUT2D eigenvalue weighted by Crippen LogP contribution is 2.45. The predicted molar refractivity (Wildman–Crippen MR) is 166 cm³/mol. The van der Waals surface area contributed by atoms with Crippen molar-refractivity contribution in [1.29, 1.82) is 0 Å². The Bertz CT molecular complexity index is 1270. The van der Waals surface area contributed by atoms with Gasteiger partial charge < -0.3 is 14.4 Å². The normalized spacial score (nSPS) is 15.9. The molecule has 42 heavy (non-hydrogen) atoms. The zero-order chi connectivity index (χ0) is 31.4. The van der Waals surface area contributed by atoms with Gasteiger partial charge in [-0.15, -0.1) is 5.10 Å². The summed E-state index contributed by atoms with van der Waals surface area (Å²) in [6.07, 6.45) is 9.57. The van der Waals surface area contributed by atoms with Crippen molar-refractivity contribution in [3.63, 3.8) is 0 Å². The van der Waals surface area contributed by atoms with Crippen LogP contribution >= 0.6 is 0 Å². The maximum absolute atomic E-state index is 15.0. The van der Waals surface area contributed by atoms with Crippen LogP contribution in [0.4, 0.5) is 9.18 Å². The molecule has 0 radical (unpaired) electrons. The van der Waals surface area contributed by atoms with Crippen LogP contribution in [0.2, 0.25) is 0 Å². The van der Waals surface area contributed by atoms with Crippen LogP contribution in [-0.2, 0) is 9.53 Å². The molecule has 4 rings (SSSR count). The highest BCUT2D eigenvalue weighted by atomic mass is 19.1. The fourth-order valence-electron chi connectivity index (χ4n) is 4.63. The molecule has 1 aliphatic heterocycles. The van der Waals surface area contributed by atoms with E-state index in [0.717, 1.165) is 44.1 Å². The van der Waals surface area contributed by atoms with Gasteiger partial charge in [-0.05, 0) is 76.2 Å². The van der Waals surface area contributed by atoms with E-state index < -0.39 is 5.82 Å². The molecule has 1 amide bonds. The van der Waals surface area contributed by atoms with Gasteiger partial charge in [0.15, 0.2) is 5.78 Å². The monoisotopic (exact) mass is 582 g/mol. The van der Waals surface area contributed by atoms with Crippen LogP contribution in [0.15, 0.2) is 18.7 Å². The van der Waals surface area contributed by atoms with Gasteiger partial charge in [0.1, 0.15) is 17.8 Å². The number of rotatable bonds is 9. The molecule has 0 atom stereocenters. The third-order valence-corrected chi connectivity index (χ3v) is 7.62. The fraction of sp³-hybridized carbons (Fsp3) is 0.545. The molecule has 2 fully saturated rings. The van der Waals surface area contributed by atoms with Gasteiger partial charge in [-0.3, -0.25) is 4.79 Å². The summed E-state index contributed by atoms with van der Waals surface area (Å²) in [7, 11) is 0. The molecular weight excluding hydrogens is 535 g/mol. The lowest BCUT2D eigenvalue weighted by molar-refractivity contribution is -0.107. The number of ether oxygens (including phenoxy) is 1. The molecule has 1 saturated carbocycles. The molecule has 0 spiro atoms. The highest BCUT2D eigenvalue weighted by molar-refractivity contribution is 5.96. The van der Waals surface area contributed by atoms with E-state index in [1.165, 1.54) is 6.92 Å². The van der Waals surface area contributed by atoms with Gasteiger partial charge in [0.25, 0.3) is 0 Å². The number of carbonyl (C=O) groups is 3. The summed E-state index contributed by atoms with van der Waals surface area (Å²) in [5, 5.41) is 8.69. The summed E-state index contributed by atoms with van der Waals surface area (Å²) in [6.45, 7) is 18.6. The zero-order valence-electron chi connectivity index (χ0n) is 26.3. The number of amides is 1. The largest absolute Gasteiger partial charge is 0.449 e. The van der Waals surface area contributed by atoms with E-state index in [-0.39, 0.29) is 23.3 Å². The van der Waals surface area contributed by atoms with Crippen molar-refractivity contribution < 1.29 is 23.5 Å². The summed E-state index contributed by atoms with van der Waals surface area (Å²) in [5.41, 5.74) is 3.35. The minimum atomic E-state index is -0.408. The van der Waals surface area contributed by atoms with Gasteiger partial charge in [-0.25, -0.2) is 13.9 Å². The molecule has 0 unspecified atom stereocenters. The molecule has 8 nitrogen and oxygen atoms in total. The van der Waals surface area contributed by atoms with Gasteiger partial charge in [-0.1, -0.05) is 51.6 Å². The van der Waals surface area contributed by atoms with Crippen LogP contribution in [0.25, 0.3) is 17.7 Å². The lowest BCUT2D eigenvalue weighted by atomic mass is 9.97. The van der Waals surface area contributed by atoms with Crippen molar-refractivity contribution in [1.82, 2.24) is 19.9 Å². The first kappa shape index (κ1) is 34.6. The van der Waals surface area contributed by atoms with Gasteiger partial charge >= 0.3 is 6.09 Å². The smallest absolute Gasteiger partial charge is 0.409 e. The van der Waals surface area contributed by atoms with Crippen LogP contribution in [0.1, 0.15) is 119 Å². The van der Waals surface area contributed by atoms with Gasteiger partial charge in [0, 0.05) is 36.1 Å². The summed E-state index contributed by atoms with van der Waals surface area (Å²) in [5.74, 6) is -0.572. The summed E-state index contributed by atoms with van der Waals surface area (Å²) in [4.78, 5) is 35.3. The Morgan fingerprint density at radius 2 is 1.79 bits per heavy atom. The second-order valence-electron chi connectivity index (χ2n) is 11.0. The molecule has 1 aromatic carbocycles. The number of carbonyl (C=O) groups excluding carboxylic acids is 3. The van der Waals surface area contributed by atoms with Crippen molar-refractivity contribution in [2.45, 2.75) is 93.0 Å². The molecule has 230 valence electrons. The van der Waals surface area contributed by atoms with E-state index >= 15 is 0 Å². The van der Waals surface area contributed by atoms with Crippen molar-refractivity contribution in [3.05, 3.63) is 52.6 Å². The number of Topliss-reactive ketones (excluding diaryl/α,β-unsaturated/α-hetero) is 1. The van der Waals surface area contributed by atoms with E-state index in [4.69, 9.17) is 4.74 Å². The molecule has 1 aromatic heterocycles. The standard InChI is InChI=1S/C27H33FN4O3.C4H8O.C2H6/c1-6-24-23(15-17(2)21-7-8-22(19(4)33)18(3)25(21)28)29-30-32(24)20-9-13-31(14-10-20)26(34)35-16-27(5)11-12-27;1-2-3-4-5;1-2/h6-8,15,20H,1,9-14,16H2,2-5H3;4H,2-3H2,1H3;1-2H3/b17-15+;;. The third kappa shape index (κ3) is 8.94. The van der Waals surface area contributed by atoms with Crippen LogP contribution in [0, 0.1) is 18.2 Å². The van der Waals surface area contributed by atoms with Gasteiger partial charge in [0.05, 0.1) is 18.3 Å². The quantitative estimate of drug-likeness (QED) is 0.222. The maximum Gasteiger partial charge on any atom is 0.409 e. The number of benzene rings is 1. The first-order valence-corrected chi connectivity index (χ1v) is 15.0. The second-order valence-corrected chi connectivity index (χ2v) is 11.0. The van der Waals surface area contributed by atoms with Crippen molar-refractivity contribution in [3.8, 4) is 0 Å². The Labute approximate surface area is 250 Å². The molecule has 2 heterocycles. The molecule has 1 aliphatic carbocycles. The minimum Gasteiger partial charge on any atom is -0.449 e. The number of piperidine rings is 1. The summed E-state index contributed by atoms with van der Waals surface area (Å²) < 4.78 is 22.3. The number of likely N-dealkylation sites (tertiary alicyclic amines) is 1. The van der Waals surface area contributed by atoms with Gasteiger partial charge in [0.2, 0.25) is 0 Å². The molecule has 2 aliphatic rings. The number of aromatic nitrogens is 3. The number of nitrogens with zero attached hydrogens (tertiary/aromatic N) is 4. The van der Waals surface area contributed by atoms with E-state index in [1.807, 2.05) is 32.4 Å². The Hall–Kier alpha value is -3.62.